The highest BCUT2D eigenvalue weighted by atomic mass is 32.2. The number of thioether (sulfide) groups is 1. The number of rotatable bonds is 2. The van der Waals surface area contributed by atoms with Crippen molar-refractivity contribution >= 4 is 46.0 Å². The van der Waals surface area contributed by atoms with Gasteiger partial charge in [0.2, 0.25) is 0 Å². The number of carbonyl (C=O) groups excluding carboxylic acids is 1. The molecule has 0 atom stereocenters. The molecule has 0 N–H and O–H groups in total. The lowest BCUT2D eigenvalue weighted by atomic mass is 10.1. The van der Waals surface area contributed by atoms with E-state index < -0.39 is 4.92 Å². The number of hydrogen-bond acceptors (Lipinski definition) is 5. The van der Waals surface area contributed by atoms with Crippen molar-refractivity contribution < 1.29 is 9.72 Å². The molecule has 7 heteroatoms. The first-order valence-corrected chi connectivity index (χ1v) is 6.18. The number of carbonyl (C=O) groups is 1. The Morgan fingerprint density at radius 2 is 2.11 bits per heavy atom. The fourth-order valence-electron chi connectivity index (χ4n) is 1.46. The molecule has 2 rings (SSSR count). The molecule has 5 nitrogen and oxygen atoms in total. The van der Waals surface area contributed by atoms with Gasteiger partial charge in [-0.1, -0.05) is 36.1 Å². The lowest BCUT2D eigenvalue weighted by Gasteiger charge is -2.03. The van der Waals surface area contributed by atoms with Crippen molar-refractivity contribution in [1.82, 2.24) is 4.90 Å². The summed E-state index contributed by atoms with van der Waals surface area (Å²) in [5.74, 6) is -0.233. The summed E-state index contributed by atoms with van der Waals surface area (Å²) in [5, 5.41) is 10.9. The van der Waals surface area contributed by atoms with Crippen molar-refractivity contribution in [2.75, 3.05) is 7.05 Å². The van der Waals surface area contributed by atoms with Crippen LogP contribution in [-0.2, 0) is 4.79 Å². The van der Waals surface area contributed by atoms with Crippen LogP contribution in [0.2, 0.25) is 0 Å². The Balaban J connectivity index is 2.43. The van der Waals surface area contributed by atoms with Crippen LogP contribution in [0.5, 0.6) is 0 Å². The topological polar surface area (TPSA) is 63.5 Å². The van der Waals surface area contributed by atoms with Gasteiger partial charge in [-0.15, -0.1) is 0 Å². The Labute approximate surface area is 113 Å². The normalized spacial score (nSPS) is 17.6. The van der Waals surface area contributed by atoms with Gasteiger partial charge in [0.1, 0.15) is 4.32 Å². The van der Waals surface area contributed by atoms with Crippen LogP contribution >= 0.6 is 24.0 Å². The summed E-state index contributed by atoms with van der Waals surface area (Å²) >= 11 is 6.13. The molecule has 1 fully saturated rings. The Kier molecular flexibility index (Phi) is 3.44. The predicted octanol–water partition coefficient (Wildman–Crippen LogP) is 2.43. The number of benzene rings is 1. The van der Waals surface area contributed by atoms with E-state index in [2.05, 4.69) is 0 Å². The van der Waals surface area contributed by atoms with E-state index in [1.807, 2.05) is 0 Å². The maximum Gasteiger partial charge on any atom is 0.276 e. The molecule has 0 saturated carbocycles. The highest BCUT2D eigenvalue weighted by Crippen LogP contribution is 2.32. The molecule has 1 saturated heterocycles. The molecule has 1 aliphatic heterocycles. The molecular weight excluding hydrogens is 272 g/mol. The third kappa shape index (κ3) is 2.27. The number of nitro benzene ring substituents is 1. The number of hydrogen-bond donors (Lipinski definition) is 0. The van der Waals surface area contributed by atoms with Crippen molar-refractivity contribution in [2.45, 2.75) is 0 Å². The number of amides is 1. The van der Waals surface area contributed by atoms with Gasteiger partial charge in [0, 0.05) is 13.1 Å². The monoisotopic (exact) mass is 280 g/mol. The van der Waals surface area contributed by atoms with Crippen LogP contribution in [0.25, 0.3) is 6.08 Å². The Morgan fingerprint density at radius 3 is 2.67 bits per heavy atom. The molecule has 0 aromatic heterocycles. The molecule has 0 aliphatic carbocycles. The minimum absolute atomic E-state index is 0.0288. The first-order chi connectivity index (χ1) is 8.50. The van der Waals surface area contributed by atoms with Crippen molar-refractivity contribution in [3.63, 3.8) is 0 Å². The fraction of sp³-hybridized carbons (Fsp3) is 0.0909. The summed E-state index contributed by atoms with van der Waals surface area (Å²) in [6, 6.07) is 6.27. The molecule has 0 bridgehead atoms. The van der Waals surface area contributed by atoms with Crippen molar-refractivity contribution in [1.29, 1.82) is 0 Å². The van der Waals surface area contributed by atoms with E-state index in [0.29, 0.717) is 14.8 Å². The first kappa shape index (κ1) is 12.7. The summed E-state index contributed by atoms with van der Waals surface area (Å²) in [4.78, 5) is 23.9. The molecule has 1 heterocycles. The number of para-hydroxylation sites is 1. The van der Waals surface area contributed by atoms with E-state index in [-0.39, 0.29) is 11.6 Å². The molecular formula is C11H8N2O3S2. The van der Waals surface area contributed by atoms with Crippen LogP contribution in [0.3, 0.4) is 0 Å². The number of thiocarbonyl (C=S) groups is 1. The highest BCUT2D eigenvalue weighted by Gasteiger charge is 2.29. The Hall–Kier alpha value is -1.73. The van der Waals surface area contributed by atoms with Gasteiger partial charge in [-0.2, -0.15) is 0 Å². The van der Waals surface area contributed by atoms with Crippen LogP contribution in [-0.4, -0.2) is 27.1 Å². The fourth-order valence-corrected chi connectivity index (χ4v) is 2.63. The maximum absolute atomic E-state index is 11.8. The smallest absolute Gasteiger partial charge is 0.276 e. The Bertz CT molecular complexity index is 583. The van der Waals surface area contributed by atoms with Crippen molar-refractivity contribution in [3.05, 3.63) is 44.8 Å². The van der Waals surface area contributed by atoms with E-state index in [9.17, 15) is 14.9 Å². The zero-order valence-electron chi connectivity index (χ0n) is 9.32. The van der Waals surface area contributed by atoms with Gasteiger partial charge >= 0.3 is 0 Å². The van der Waals surface area contributed by atoms with Gasteiger partial charge in [-0.3, -0.25) is 19.8 Å². The minimum Gasteiger partial charge on any atom is -0.296 e. The second-order valence-corrected chi connectivity index (χ2v) is 5.23. The first-order valence-electron chi connectivity index (χ1n) is 4.95. The van der Waals surface area contributed by atoms with Gasteiger partial charge < -0.3 is 0 Å². The van der Waals surface area contributed by atoms with Crippen LogP contribution < -0.4 is 0 Å². The molecule has 1 aromatic rings. The van der Waals surface area contributed by atoms with Gasteiger partial charge in [0.25, 0.3) is 11.6 Å². The molecule has 0 unspecified atom stereocenters. The molecule has 1 aromatic carbocycles. The Morgan fingerprint density at radius 1 is 1.44 bits per heavy atom. The largest absolute Gasteiger partial charge is 0.296 e. The minimum atomic E-state index is -0.474. The number of nitro groups is 1. The molecule has 18 heavy (non-hydrogen) atoms. The van der Waals surface area contributed by atoms with Crippen molar-refractivity contribution in [2.24, 2.45) is 0 Å². The van der Waals surface area contributed by atoms with Gasteiger partial charge in [0.05, 0.1) is 15.4 Å². The van der Waals surface area contributed by atoms with Crippen LogP contribution in [0, 0.1) is 10.1 Å². The highest BCUT2D eigenvalue weighted by molar-refractivity contribution is 8.26. The van der Waals surface area contributed by atoms with Crippen LogP contribution in [0.4, 0.5) is 5.69 Å². The van der Waals surface area contributed by atoms with E-state index in [0.717, 1.165) is 11.8 Å². The van der Waals surface area contributed by atoms with Gasteiger partial charge in [0.15, 0.2) is 0 Å². The van der Waals surface area contributed by atoms with E-state index in [4.69, 9.17) is 12.2 Å². The summed E-state index contributed by atoms with van der Waals surface area (Å²) in [5.41, 5.74) is 0.371. The summed E-state index contributed by atoms with van der Waals surface area (Å²) in [6.07, 6.45) is 1.50. The molecule has 1 aliphatic rings. The zero-order valence-corrected chi connectivity index (χ0v) is 11.0. The summed E-state index contributed by atoms with van der Waals surface area (Å²) < 4.78 is 0.449. The lowest BCUT2D eigenvalue weighted by molar-refractivity contribution is -0.385. The second kappa shape index (κ2) is 4.87. The summed E-state index contributed by atoms with van der Waals surface area (Å²) in [7, 11) is 1.58. The third-order valence-corrected chi connectivity index (χ3v) is 3.89. The van der Waals surface area contributed by atoms with E-state index in [1.165, 1.54) is 17.0 Å². The van der Waals surface area contributed by atoms with E-state index in [1.54, 1.807) is 25.2 Å². The molecule has 1 amide bonds. The SMILES string of the molecule is CN1C(=O)C(=Cc2ccccc2[N+](=O)[O-])SC1=S. The van der Waals surface area contributed by atoms with E-state index >= 15 is 0 Å². The quantitative estimate of drug-likeness (QED) is 0.360. The number of likely N-dealkylation sites (N-methyl/N-ethyl adjacent to an activating group) is 1. The van der Waals surface area contributed by atoms with Gasteiger partial charge in [-0.25, -0.2) is 0 Å². The van der Waals surface area contributed by atoms with Gasteiger partial charge in [-0.05, 0) is 12.1 Å². The second-order valence-electron chi connectivity index (χ2n) is 3.56. The van der Waals surface area contributed by atoms with Crippen molar-refractivity contribution in [3.8, 4) is 0 Å². The standard InChI is InChI=1S/C11H8N2O3S2/c1-12-10(14)9(18-11(12)17)6-7-4-2-3-5-8(7)13(15)16/h2-6H,1H3. The number of nitrogens with zero attached hydrogens (tertiary/aromatic N) is 2. The summed E-state index contributed by atoms with van der Waals surface area (Å²) in [6.45, 7) is 0. The third-order valence-electron chi connectivity index (χ3n) is 2.41. The molecule has 0 spiro atoms. The molecule has 0 radical (unpaired) electrons. The van der Waals surface area contributed by atoms with Crippen LogP contribution in [0.15, 0.2) is 29.2 Å². The zero-order chi connectivity index (χ0) is 13.3. The average molecular weight is 280 g/mol. The molecule has 92 valence electrons. The predicted molar refractivity (Wildman–Crippen MR) is 74.0 cm³/mol. The van der Waals surface area contributed by atoms with Crippen LogP contribution in [0.1, 0.15) is 5.56 Å². The lowest BCUT2D eigenvalue weighted by Crippen LogP contribution is -2.22. The maximum atomic E-state index is 11.8. The average Bonchev–Trinajstić information content (AvgIpc) is 2.57.